The van der Waals surface area contributed by atoms with Crippen molar-refractivity contribution in [2.45, 2.75) is 6.43 Å². The number of aromatic hydroxyl groups is 1. The quantitative estimate of drug-likeness (QED) is 0.891. The summed E-state index contributed by atoms with van der Waals surface area (Å²) < 4.78 is 24.0. The summed E-state index contributed by atoms with van der Waals surface area (Å²) >= 11 is 3.04. The normalized spacial score (nSPS) is 10.4. The van der Waals surface area contributed by atoms with Gasteiger partial charge in [-0.3, -0.25) is 4.79 Å². The lowest BCUT2D eigenvalue weighted by Crippen LogP contribution is -2.28. The Balaban J connectivity index is 2.70. The molecule has 1 aromatic carbocycles. The van der Waals surface area contributed by atoms with Crippen LogP contribution in [-0.4, -0.2) is 24.0 Å². The van der Waals surface area contributed by atoms with E-state index < -0.39 is 18.9 Å². The molecule has 1 amide bonds. The Morgan fingerprint density at radius 1 is 1.53 bits per heavy atom. The Morgan fingerprint density at radius 2 is 2.20 bits per heavy atom. The lowest BCUT2D eigenvalue weighted by molar-refractivity contribution is 0.0891. The molecule has 0 unspecified atom stereocenters. The van der Waals surface area contributed by atoms with Crippen molar-refractivity contribution in [2.75, 3.05) is 6.54 Å². The minimum absolute atomic E-state index is 0.111. The molecule has 82 valence electrons. The highest BCUT2D eigenvalue weighted by Crippen LogP contribution is 2.24. The van der Waals surface area contributed by atoms with Gasteiger partial charge in [-0.2, -0.15) is 0 Å². The molecular formula is C9H8BrF2NO2. The minimum atomic E-state index is -2.59. The third kappa shape index (κ3) is 3.47. The largest absolute Gasteiger partial charge is 0.507 e. The molecule has 0 aliphatic carbocycles. The fourth-order valence-corrected chi connectivity index (χ4v) is 1.17. The van der Waals surface area contributed by atoms with Crippen LogP contribution in [0.4, 0.5) is 8.78 Å². The molecule has 3 nitrogen and oxygen atoms in total. The number of rotatable bonds is 3. The number of halogens is 3. The van der Waals surface area contributed by atoms with Crippen LogP contribution in [0.1, 0.15) is 10.4 Å². The van der Waals surface area contributed by atoms with Crippen LogP contribution < -0.4 is 5.32 Å². The molecule has 0 radical (unpaired) electrons. The Labute approximate surface area is 93.2 Å². The van der Waals surface area contributed by atoms with Gasteiger partial charge in [-0.1, -0.05) is 0 Å². The summed E-state index contributed by atoms with van der Waals surface area (Å²) in [6.45, 7) is -0.699. The Bertz CT molecular complexity index is 371. The maximum Gasteiger partial charge on any atom is 0.255 e. The van der Waals surface area contributed by atoms with Crippen LogP contribution in [0, 0.1) is 0 Å². The number of hydrogen-bond donors (Lipinski definition) is 2. The van der Waals surface area contributed by atoms with Gasteiger partial charge in [-0.15, -0.1) is 0 Å². The summed E-state index contributed by atoms with van der Waals surface area (Å²) in [7, 11) is 0. The standard InChI is InChI=1S/C9H8BrF2NO2/c10-6-2-1-5(3-7(6)14)9(15)13-4-8(11)12/h1-3,8,14H,4H2,(H,13,15). The molecule has 0 fully saturated rings. The molecule has 0 bridgehead atoms. The molecule has 1 aromatic rings. The van der Waals surface area contributed by atoms with Crippen molar-refractivity contribution in [1.82, 2.24) is 5.32 Å². The van der Waals surface area contributed by atoms with E-state index in [4.69, 9.17) is 0 Å². The molecule has 0 heterocycles. The van der Waals surface area contributed by atoms with Crippen molar-refractivity contribution >= 4 is 21.8 Å². The van der Waals surface area contributed by atoms with E-state index in [-0.39, 0.29) is 11.3 Å². The highest BCUT2D eigenvalue weighted by Gasteiger charge is 2.10. The maximum absolute atomic E-state index is 11.8. The number of hydrogen-bond acceptors (Lipinski definition) is 2. The number of nitrogens with one attached hydrogen (secondary N) is 1. The van der Waals surface area contributed by atoms with Crippen LogP contribution in [-0.2, 0) is 0 Å². The number of alkyl halides is 2. The van der Waals surface area contributed by atoms with Crippen LogP contribution in [0.3, 0.4) is 0 Å². The average Bonchev–Trinajstić information content (AvgIpc) is 2.18. The molecule has 0 aliphatic heterocycles. The molecule has 0 saturated carbocycles. The molecule has 15 heavy (non-hydrogen) atoms. The lowest BCUT2D eigenvalue weighted by Gasteiger charge is -2.05. The van der Waals surface area contributed by atoms with Crippen molar-refractivity contribution in [3.05, 3.63) is 28.2 Å². The van der Waals surface area contributed by atoms with Crippen molar-refractivity contribution < 1.29 is 18.7 Å². The van der Waals surface area contributed by atoms with E-state index in [1.165, 1.54) is 18.2 Å². The third-order valence-corrected chi connectivity index (χ3v) is 2.30. The molecule has 0 spiro atoms. The monoisotopic (exact) mass is 279 g/mol. The second kappa shape index (κ2) is 5.06. The van der Waals surface area contributed by atoms with E-state index in [1.54, 1.807) is 0 Å². The molecule has 0 aromatic heterocycles. The predicted octanol–water partition coefficient (Wildman–Crippen LogP) is 2.15. The van der Waals surface area contributed by atoms with Gasteiger partial charge in [0.05, 0.1) is 11.0 Å². The summed E-state index contributed by atoms with van der Waals surface area (Å²) in [6.07, 6.45) is -2.59. The fraction of sp³-hybridized carbons (Fsp3) is 0.222. The van der Waals surface area contributed by atoms with Gasteiger partial charge in [0, 0.05) is 5.56 Å². The first-order valence-corrected chi connectivity index (χ1v) is 4.85. The Morgan fingerprint density at radius 3 is 2.73 bits per heavy atom. The number of phenols is 1. The van der Waals surface area contributed by atoms with Crippen molar-refractivity contribution in [2.24, 2.45) is 0 Å². The van der Waals surface area contributed by atoms with Crippen LogP contribution in [0.15, 0.2) is 22.7 Å². The van der Waals surface area contributed by atoms with E-state index in [0.717, 1.165) is 0 Å². The second-order valence-electron chi connectivity index (χ2n) is 2.77. The highest BCUT2D eigenvalue weighted by atomic mass is 79.9. The zero-order chi connectivity index (χ0) is 11.4. The van der Waals surface area contributed by atoms with Gasteiger partial charge in [0.1, 0.15) is 5.75 Å². The van der Waals surface area contributed by atoms with Crippen LogP contribution >= 0.6 is 15.9 Å². The van der Waals surface area contributed by atoms with E-state index in [2.05, 4.69) is 15.9 Å². The minimum Gasteiger partial charge on any atom is -0.507 e. The Kier molecular flexibility index (Phi) is 4.02. The topological polar surface area (TPSA) is 49.3 Å². The third-order valence-electron chi connectivity index (χ3n) is 1.63. The van der Waals surface area contributed by atoms with Crippen molar-refractivity contribution in [3.8, 4) is 5.75 Å². The summed E-state index contributed by atoms with van der Waals surface area (Å²) in [5, 5.41) is 11.3. The number of amides is 1. The second-order valence-corrected chi connectivity index (χ2v) is 3.62. The summed E-state index contributed by atoms with van der Waals surface area (Å²) in [5.41, 5.74) is 0.136. The number of benzene rings is 1. The van der Waals surface area contributed by atoms with Gasteiger partial charge in [0.2, 0.25) is 0 Å². The molecule has 1 rings (SSSR count). The number of carbonyl (C=O) groups excluding carboxylic acids is 1. The van der Waals surface area contributed by atoms with Gasteiger partial charge in [0.25, 0.3) is 12.3 Å². The van der Waals surface area contributed by atoms with Crippen molar-refractivity contribution in [1.29, 1.82) is 0 Å². The highest BCUT2D eigenvalue weighted by molar-refractivity contribution is 9.10. The first-order valence-electron chi connectivity index (χ1n) is 4.05. The van der Waals surface area contributed by atoms with Gasteiger partial charge < -0.3 is 10.4 Å². The predicted molar refractivity (Wildman–Crippen MR) is 54.1 cm³/mol. The first-order chi connectivity index (χ1) is 7.00. The van der Waals surface area contributed by atoms with Crippen molar-refractivity contribution in [3.63, 3.8) is 0 Å². The lowest BCUT2D eigenvalue weighted by atomic mass is 10.2. The number of phenolic OH excluding ortho intramolecular Hbond substituents is 1. The van der Waals surface area contributed by atoms with E-state index in [9.17, 15) is 18.7 Å². The van der Waals surface area contributed by atoms with E-state index in [1.807, 2.05) is 5.32 Å². The molecule has 0 atom stereocenters. The molecule has 6 heteroatoms. The number of carbonyl (C=O) groups is 1. The SMILES string of the molecule is O=C(NCC(F)F)c1ccc(Br)c(O)c1. The molecular weight excluding hydrogens is 272 g/mol. The first kappa shape index (κ1) is 11.9. The Hall–Kier alpha value is -1.17. The average molecular weight is 280 g/mol. The van der Waals surface area contributed by atoms with Crippen LogP contribution in [0.5, 0.6) is 5.75 Å². The van der Waals surface area contributed by atoms with Gasteiger partial charge in [-0.05, 0) is 34.1 Å². The van der Waals surface area contributed by atoms with Gasteiger partial charge >= 0.3 is 0 Å². The molecule has 0 saturated heterocycles. The summed E-state index contributed by atoms with van der Waals surface area (Å²) in [5.74, 6) is -0.752. The summed E-state index contributed by atoms with van der Waals surface area (Å²) in [6, 6.07) is 4.09. The zero-order valence-electron chi connectivity index (χ0n) is 7.51. The fourth-order valence-electron chi connectivity index (χ4n) is 0.926. The van der Waals surface area contributed by atoms with E-state index >= 15 is 0 Å². The van der Waals surface area contributed by atoms with Gasteiger partial charge in [0.15, 0.2) is 0 Å². The molecule has 2 N–H and O–H groups in total. The smallest absolute Gasteiger partial charge is 0.255 e. The zero-order valence-corrected chi connectivity index (χ0v) is 9.09. The van der Waals surface area contributed by atoms with Crippen LogP contribution in [0.25, 0.3) is 0 Å². The summed E-state index contributed by atoms with van der Waals surface area (Å²) in [4.78, 5) is 11.2. The van der Waals surface area contributed by atoms with Gasteiger partial charge in [-0.25, -0.2) is 8.78 Å². The molecule has 0 aliphatic rings. The maximum atomic E-state index is 11.8. The van der Waals surface area contributed by atoms with E-state index in [0.29, 0.717) is 4.47 Å². The van der Waals surface area contributed by atoms with Crippen LogP contribution in [0.2, 0.25) is 0 Å².